The Labute approximate surface area is 145 Å². The van der Waals surface area contributed by atoms with E-state index in [1.807, 2.05) is 14.7 Å². The first-order valence-corrected chi connectivity index (χ1v) is 8.23. The van der Waals surface area contributed by atoms with Gasteiger partial charge in [-0.3, -0.25) is 19.3 Å². The second kappa shape index (κ2) is 6.85. The molecule has 0 saturated carbocycles. The van der Waals surface area contributed by atoms with Crippen LogP contribution in [0.4, 0.5) is 0 Å². The van der Waals surface area contributed by atoms with Crippen LogP contribution in [-0.4, -0.2) is 107 Å². The minimum absolute atomic E-state index is 0.00546. The Morgan fingerprint density at radius 3 is 1.96 bits per heavy atom. The van der Waals surface area contributed by atoms with Crippen LogP contribution in [0, 0.1) is 0 Å². The summed E-state index contributed by atoms with van der Waals surface area (Å²) in [7, 11) is 1.52. The first-order chi connectivity index (χ1) is 11.9. The van der Waals surface area contributed by atoms with E-state index < -0.39 is 5.97 Å². The summed E-state index contributed by atoms with van der Waals surface area (Å²) >= 11 is 0. The number of aliphatic hydroxyl groups is 1. The summed E-state index contributed by atoms with van der Waals surface area (Å²) in [4.78, 5) is 41.6. The fourth-order valence-corrected chi connectivity index (χ4v) is 2.56. The number of hydrogen-bond donors (Lipinski definition) is 2. The van der Waals surface area contributed by atoms with Crippen molar-refractivity contribution in [3.63, 3.8) is 0 Å². The molecule has 0 spiro atoms. The van der Waals surface area contributed by atoms with Gasteiger partial charge in [0.15, 0.2) is 0 Å². The van der Waals surface area contributed by atoms with Gasteiger partial charge in [-0.25, -0.2) is 0 Å². The molecule has 9 heteroatoms. The first-order valence-electron chi connectivity index (χ1n) is 8.23. The quantitative estimate of drug-likeness (QED) is 0.324. The number of Topliss-reactive ketones (excluding diaryl/α,β-unsaturated/α-hetero) is 1. The van der Waals surface area contributed by atoms with Crippen molar-refractivity contribution in [1.29, 1.82) is 0 Å². The minimum Gasteiger partial charge on any atom is -0.480 e. The summed E-state index contributed by atoms with van der Waals surface area (Å²) in [5, 5.41) is 16.3. The number of likely N-dealkylation sites (N-methyl/N-ethyl adjacent to an activating group) is 1. The average molecular weight is 350 g/mol. The van der Waals surface area contributed by atoms with Gasteiger partial charge in [0.1, 0.15) is 11.4 Å². The molecule has 0 aromatic heterocycles. The third kappa shape index (κ3) is 4.18. The maximum Gasteiger partial charge on any atom is 0.317 e. The van der Waals surface area contributed by atoms with E-state index in [2.05, 4.69) is 0 Å². The fraction of sp³-hybridized carbons (Fsp3) is 0.562. The summed E-state index contributed by atoms with van der Waals surface area (Å²) in [5.41, 5.74) is 1.89. The Morgan fingerprint density at radius 1 is 1.04 bits per heavy atom. The lowest BCUT2D eigenvalue weighted by atomic mass is 10.0. The van der Waals surface area contributed by atoms with Gasteiger partial charge >= 0.3 is 5.97 Å². The molecule has 4 rings (SSSR count). The molecule has 9 nitrogen and oxygen atoms in total. The van der Waals surface area contributed by atoms with Crippen LogP contribution in [0.2, 0.25) is 0 Å². The van der Waals surface area contributed by atoms with E-state index in [0.29, 0.717) is 17.1 Å². The van der Waals surface area contributed by atoms with Crippen LogP contribution in [-0.2, 0) is 14.4 Å². The molecule has 3 heterocycles. The predicted molar refractivity (Wildman–Crippen MR) is 87.2 cm³/mol. The number of carboxylic acids is 1. The van der Waals surface area contributed by atoms with Gasteiger partial charge < -0.3 is 24.9 Å². The maximum absolute atomic E-state index is 12.4. The zero-order valence-electron chi connectivity index (χ0n) is 14.1. The van der Waals surface area contributed by atoms with E-state index in [1.165, 1.54) is 18.0 Å². The molecule has 0 bridgehead atoms. The second-order valence-corrected chi connectivity index (χ2v) is 6.43. The standard InChI is InChI=1S/C12H13N3O2.C4H9NO3/c16-9-7-8(13-1-2-13)12(17)11(15-5-6-15)10(9)14-3-4-14;1-5(3-6)2-4(7)8/h7H,1-6H2;6H,2-3H2,1H3,(H,7,8). The molecule has 0 unspecified atom stereocenters. The van der Waals surface area contributed by atoms with Crippen LogP contribution in [0.5, 0.6) is 0 Å². The lowest BCUT2D eigenvalue weighted by Gasteiger charge is -2.21. The SMILES string of the molecule is CN(CO)CC(=O)O.O=C1C=C(N2CC2)C(=O)C(N2CC2)=C1N1CC1. The Morgan fingerprint density at radius 2 is 1.56 bits per heavy atom. The van der Waals surface area contributed by atoms with Crippen LogP contribution in [0.25, 0.3) is 0 Å². The number of aliphatic hydroxyl groups excluding tert-OH is 1. The van der Waals surface area contributed by atoms with Gasteiger partial charge in [0.25, 0.3) is 0 Å². The Hall–Kier alpha value is -2.39. The molecule has 0 amide bonds. The van der Waals surface area contributed by atoms with Crippen molar-refractivity contribution in [2.75, 3.05) is 59.6 Å². The van der Waals surface area contributed by atoms with Gasteiger partial charge in [-0.1, -0.05) is 0 Å². The van der Waals surface area contributed by atoms with Gasteiger partial charge in [0.2, 0.25) is 11.6 Å². The summed E-state index contributed by atoms with van der Waals surface area (Å²) in [5.74, 6) is -0.881. The molecule has 2 N–H and O–H groups in total. The Bertz CT molecular complexity index is 659. The highest BCUT2D eigenvalue weighted by Crippen LogP contribution is 2.33. The van der Waals surface area contributed by atoms with E-state index in [1.54, 1.807) is 0 Å². The highest BCUT2D eigenvalue weighted by molar-refractivity contribution is 6.22. The number of aliphatic carboxylic acids is 1. The summed E-state index contributed by atoms with van der Waals surface area (Å²) in [6.45, 7) is 5.08. The lowest BCUT2D eigenvalue weighted by Crippen LogP contribution is -2.29. The van der Waals surface area contributed by atoms with E-state index in [-0.39, 0.29) is 24.8 Å². The van der Waals surface area contributed by atoms with Crippen LogP contribution in [0.15, 0.2) is 23.2 Å². The third-order valence-electron chi connectivity index (χ3n) is 4.13. The molecule has 0 aromatic rings. The number of carbonyl (C=O) groups is 3. The van der Waals surface area contributed by atoms with Crippen molar-refractivity contribution in [2.24, 2.45) is 0 Å². The topological polar surface area (TPSA) is 104 Å². The van der Waals surface area contributed by atoms with E-state index >= 15 is 0 Å². The number of hydrogen-bond acceptors (Lipinski definition) is 8. The number of rotatable bonds is 6. The van der Waals surface area contributed by atoms with Crippen LogP contribution < -0.4 is 0 Å². The lowest BCUT2D eigenvalue weighted by molar-refractivity contribution is -0.138. The van der Waals surface area contributed by atoms with Crippen molar-refractivity contribution in [3.05, 3.63) is 23.2 Å². The van der Waals surface area contributed by atoms with Gasteiger partial charge in [0, 0.05) is 45.3 Å². The van der Waals surface area contributed by atoms with Crippen molar-refractivity contribution < 1.29 is 24.6 Å². The molecule has 3 aliphatic heterocycles. The smallest absolute Gasteiger partial charge is 0.317 e. The fourth-order valence-electron chi connectivity index (χ4n) is 2.56. The predicted octanol–water partition coefficient (Wildman–Crippen LogP) is -1.87. The van der Waals surface area contributed by atoms with Crippen molar-refractivity contribution >= 4 is 17.5 Å². The van der Waals surface area contributed by atoms with Gasteiger partial charge in [-0.15, -0.1) is 0 Å². The number of ketones is 2. The molecule has 25 heavy (non-hydrogen) atoms. The molecule has 136 valence electrons. The molecular formula is C16H22N4O5. The molecule has 1 aliphatic carbocycles. The zero-order chi connectivity index (χ0) is 18.1. The zero-order valence-corrected chi connectivity index (χ0v) is 14.1. The van der Waals surface area contributed by atoms with Crippen molar-refractivity contribution in [1.82, 2.24) is 19.6 Å². The van der Waals surface area contributed by atoms with Gasteiger partial charge in [-0.2, -0.15) is 0 Å². The van der Waals surface area contributed by atoms with Crippen molar-refractivity contribution in [3.8, 4) is 0 Å². The summed E-state index contributed by atoms with van der Waals surface area (Å²) in [6, 6.07) is 0. The number of allylic oxidation sites excluding steroid dienone is 1. The van der Waals surface area contributed by atoms with Crippen LogP contribution in [0.3, 0.4) is 0 Å². The number of carboxylic acid groups (broad SMARTS) is 1. The molecule has 0 radical (unpaired) electrons. The monoisotopic (exact) mass is 350 g/mol. The minimum atomic E-state index is -0.929. The highest BCUT2D eigenvalue weighted by atomic mass is 16.4. The summed E-state index contributed by atoms with van der Waals surface area (Å²) in [6.07, 6.45) is 1.52. The molecule has 0 aromatic carbocycles. The number of nitrogens with zero attached hydrogens (tertiary/aromatic N) is 4. The first kappa shape index (κ1) is 17.4. The Balaban J connectivity index is 0.000000197. The average Bonchev–Trinajstić information content (AvgIpc) is 3.36. The van der Waals surface area contributed by atoms with Gasteiger partial charge in [-0.05, 0) is 7.05 Å². The van der Waals surface area contributed by atoms with Crippen molar-refractivity contribution in [2.45, 2.75) is 0 Å². The number of carbonyl (C=O) groups excluding carboxylic acids is 2. The third-order valence-corrected chi connectivity index (χ3v) is 4.13. The van der Waals surface area contributed by atoms with E-state index in [4.69, 9.17) is 10.2 Å². The maximum atomic E-state index is 12.4. The van der Waals surface area contributed by atoms with E-state index in [0.717, 1.165) is 39.3 Å². The van der Waals surface area contributed by atoms with Gasteiger partial charge in [0.05, 0.1) is 19.0 Å². The summed E-state index contributed by atoms with van der Waals surface area (Å²) < 4.78 is 0. The van der Waals surface area contributed by atoms with Crippen LogP contribution >= 0.6 is 0 Å². The molecule has 4 aliphatic rings. The van der Waals surface area contributed by atoms with Crippen LogP contribution in [0.1, 0.15) is 0 Å². The molecule has 3 fully saturated rings. The largest absolute Gasteiger partial charge is 0.480 e. The Kier molecular flexibility index (Phi) is 4.78. The van der Waals surface area contributed by atoms with E-state index in [9.17, 15) is 14.4 Å². The molecule has 3 saturated heterocycles. The normalized spacial score (nSPS) is 21.2. The highest BCUT2D eigenvalue weighted by Gasteiger charge is 2.43. The molecule has 0 atom stereocenters. The molecular weight excluding hydrogens is 328 g/mol. The second-order valence-electron chi connectivity index (χ2n) is 6.43.